The number of thiophene rings is 1. The number of nitrogens with one attached hydrogen (secondary N) is 1. The molecule has 0 aliphatic carbocycles. The van der Waals surface area contributed by atoms with E-state index >= 15 is 0 Å². The Labute approximate surface area is 139 Å². The summed E-state index contributed by atoms with van der Waals surface area (Å²) in [6.45, 7) is 2.18. The Morgan fingerprint density at radius 3 is 2.59 bits per heavy atom. The van der Waals surface area contributed by atoms with Crippen molar-refractivity contribution in [3.63, 3.8) is 0 Å². The van der Waals surface area contributed by atoms with Crippen LogP contribution in [0.1, 0.15) is 27.0 Å². The van der Waals surface area contributed by atoms with E-state index in [1.54, 1.807) is 18.7 Å². The Bertz CT molecular complexity index is 623. The fourth-order valence-corrected chi connectivity index (χ4v) is 3.63. The molecule has 1 aromatic carbocycles. The molecule has 0 saturated heterocycles. The summed E-state index contributed by atoms with van der Waals surface area (Å²) < 4.78 is 0. The van der Waals surface area contributed by atoms with Gasteiger partial charge < -0.3 is 5.32 Å². The molecular formula is C17H19NO2S2. The van der Waals surface area contributed by atoms with Crippen molar-refractivity contribution in [3.8, 4) is 0 Å². The van der Waals surface area contributed by atoms with Gasteiger partial charge in [0.25, 0.3) is 0 Å². The molecule has 5 heteroatoms. The second kappa shape index (κ2) is 8.76. The standard InChI is InChI=1S/C17H19NO2S2/c1-13(19)16-8-7-15(22-16)9-10-18-17(20)12-21-11-14-5-3-2-4-6-14/h2-8H,9-12H2,1H3,(H,18,20). The van der Waals surface area contributed by atoms with Gasteiger partial charge in [-0.05, 0) is 31.0 Å². The second-order valence-electron chi connectivity index (χ2n) is 4.90. The van der Waals surface area contributed by atoms with Crippen LogP contribution in [0.2, 0.25) is 0 Å². The number of benzene rings is 1. The molecule has 2 aromatic rings. The zero-order valence-electron chi connectivity index (χ0n) is 12.5. The van der Waals surface area contributed by atoms with Gasteiger partial charge in [0.2, 0.25) is 5.91 Å². The van der Waals surface area contributed by atoms with Crippen molar-refractivity contribution in [1.82, 2.24) is 5.32 Å². The molecule has 22 heavy (non-hydrogen) atoms. The quantitative estimate of drug-likeness (QED) is 0.752. The zero-order chi connectivity index (χ0) is 15.8. The molecule has 0 fully saturated rings. The molecule has 0 aliphatic heterocycles. The Hall–Kier alpha value is -1.59. The largest absolute Gasteiger partial charge is 0.355 e. The first-order valence-corrected chi connectivity index (χ1v) is 9.10. The second-order valence-corrected chi connectivity index (χ2v) is 7.05. The third-order valence-electron chi connectivity index (χ3n) is 3.05. The van der Waals surface area contributed by atoms with Crippen LogP contribution in [-0.4, -0.2) is 24.0 Å². The maximum Gasteiger partial charge on any atom is 0.230 e. The number of Topliss-reactive ketones (excluding diaryl/α,β-unsaturated/α-hetero) is 1. The van der Waals surface area contributed by atoms with Crippen LogP contribution in [0.15, 0.2) is 42.5 Å². The predicted molar refractivity (Wildman–Crippen MR) is 93.6 cm³/mol. The van der Waals surface area contributed by atoms with Crippen molar-refractivity contribution in [1.29, 1.82) is 0 Å². The highest BCUT2D eigenvalue weighted by molar-refractivity contribution is 7.99. The molecule has 0 unspecified atom stereocenters. The minimum Gasteiger partial charge on any atom is -0.355 e. The molecule has 0 bridgehead atoms. The van der Waals surface area contributed by atoms with E-state index in [2.05, 4.69) is 17.4 Å². The number of carbonyl (C=O) groups is 2. The van der Waals surface area contributed by atoms with Crippen molar-refractivity contribution < 1.29 is 9.59 Å². The average molecular weight is 333 g/mol. The average Bonchev–Trinajstić information content (AvgIpc) is 2.97. The summed E-state index contributed by atoms with van der Waals surface area (Å²) in [5.74, 6) is 1.47. The lowest BCUT2D eigenvalue weighted by molar-refractivity contribution is -0.118. The van der Waals surface area contributed by atoms with Gasteiger partial charge in [-0.25, -0.2) is 0 Å². The topological polar surface area (TPSA) is 46.2 Å². The highest BCUT2D eigenvalue weighted by Gasteiger charge is 2.05. The van der Waals surface area contributed by atoms with E-state index in [0.717, 1.165) is 21.9 Å². The molecule has 1 heterocycles. The first-order chi connectivity index (χ1) is 10.6. The summed E-state index contributed by atoms with van der Waals surface area (Å²) in [7, 11) is 0. The van der Waals surface area contributed by atoms with Gasteiger partial charge in [-0.2, -0.15) is 0 Å². The van der Waals surface area contributed by atoms with Gasteiger partial charge in [0, 0.05) is 17.2 Å². The van der Waals surface area contributed by atoms with Crippen LogP contribution in [0.25, 0.3) is 0 Å². The molecule has 3 nitrogen and oxygen atoms in total. The number of rotatable bonds is 8. The summed E-state index contributed by atoms with van der Waals surface area (Å²) in [6.07, 6.45) is 0.771. The van der Waals surface area contributed by atoms with E-state index in [1.165, 1.54) is 16.9 Å². The Morgan fingerprint density at radius 2 is 1.91 bits per heavy atom. The lowest BCUT2D eigenvalue weighted by Crippen LogP contribution is -2.27. The van der Waals surface area contributed by atoms with Gasteiger partial charge in [0.1, 0.15) is 0 Å². The van der Waals surface area contributed by atoms with E-state index in [-0.39, 0.29) is 11.7 Å². The van der Waals surface area contributed by atoms with Gasteiger partial charge in [0.15, 0.2) is 5.78 Å². The number of hydrogen-bond donors (Lipinski definition) is 1. The van der Waals surface area contributed by atoms with E-state index in [1.807, 2.05) is 30.3 Å². The third-order valence-corrected chi connectivity index (χ3v) is 5.30. The van der Waals surface area contributed by atoms with E-state index in [4.69, 9.17) is 0 Å². The van der Waals surface area contributed by atoms with Crippen LogP contribution in [0.5, 0.6) is 0 Å². The Balaban J connectivity index is 1.62. The van der Waals surface area contributed by atoms with Crippen LogP contribution >= 0.6 is 23.1 Å². The van der Waals surface area contributed by atoms with Crippen LogP contribution < -0.4 is 5.32 Å². The van der Waals surface area contributed by atoms with Gasteiger partial charge in [-0.3, -0.25) is 9.59 Å². The van der Waals surface area contributed by atoms with Gasteiger partial charge in [-0.15, -0.1) is 23.1 Å². The van der Waals surface area contributed by atoms with E-state index in [0.29, 0.717) is 12.3 Å². The summed E-state index contributed by atoms with van der Waals surface area (Å²) in [4.78, 5) is 24.9. The van der Waals surface area contributed by atoms with Crippen molar-refractivity contribution in [2.75, 3.05) is 12.3 Å². The van der Waals surface area contributed by atoms with Crippen LogP contribution in [-0.2, 0) is 17.0 Å². The number of thioether (sulfide) groups is 1. The summed E-state index contributed by atoms with van der Waals surface area (Å²) in [6, 6.07) is 13.9. The summed E-state index contributed by atoms with van der Waals surface area (Å²) in [5, 5.41) is 2.92. The first kappa shape index (κ1) is 16.8. The minimum atomic E-state index is 0.0595. The van der Waals surface area contributed by atoms with Gasteiger partial charge in [0.05, 0.1) is 10.6 Å². The molecule has 0 atom stereocenters. The fourth-order valence-electron chi connectivity index (χ4n) is 1.91. The zero-order valence-corrected chi connectivity index (χ0v) is 14.1. The third kappa shape index (κ3) is 5.66. The summed E-state index contributed by atoms with van der Waals surface area (Å²) in [5.41, 5.74) is 1.23. The fraction of sp³-hybridized carbons (Fsp3) is 0.294. The molecule has 0 radical (unpaired) electrons. The maximum atomic E-state index is 11.8. The van der Waals surface area contributed by atoms with Crippen molar-refractivity contribution >= 4 is 34.8 Å². The van der Waals surface area contributed by atoms with Crippen molar-refractivity contribution in [2.24, 2.45) is 0 Å². The van der Waals surface area contributed by atoms with Crippen molar-refractivity contribution in [3.05, 3.63) is 57.8 Å². The highest BCUT2D eigenvalue weighted by atomic mass is 32.2. The molecule has 116 valence electrons. The molecule has 1 amide bonds. The smallest absolute Gasteiger partial charge is 0.230 e. The molecule has 0 spiro atoms. The minimum absolute atomic E-state index is 0.0595. The highest BCUT2D eigenvalue weighted by Crippen LogP contribution is 2.17. The Morgan fingerprint density at radius 1 is 1.14 bits per heavy atom. The SMILES string of the molecule is CC(=O)c1ccc(CCNC(=O)CSCc2ccccc2)s1. The normalized spacial score (nSPS) is 10.4. The number of amides is 1. The lowest BCUT2D eigenvalue weighted by atomic mass is 10.2. The summed E-state index contributed by atoms with van der Waals surface area (Å²) >= 11 is 3.12. The molecular weight excluding hydrogens is 314 g/mol. The molecule has 1 N–H and O–H groups in total. The molecule has 0 saturated carbocycles. The van der Waals surface area contributed by atoms with Gasteiger partial charge >= 0.3 is 0 Å². The first-order valence-electron chi connectivity index (χ1n) is 7.13. The van der Waals surface area contributed by atoms with Gasteiger partial charge in [-0.1, -0.05) is 30.3 Å². The number of carbonyl (C=O) groups excluding carboxylic acids is 2. The molecule has 0 aliphatic rings. The van der Waals surface area contributed by atoms with E-state index in [9.17, 15) is 9.59 Å². The molecule has 1 aromatic heterocycles. The van der Waals surface area contributed by atoms with Crippen LogP contribution in [0.4, 0.5) is 0 Å². The number of ketones is 1. The lowest BCUT2D eigenvalue weighted by Gasteiger charge is -2.04. The Kier molecular flexibility index (Phi) is 6.68. The van der Waals surface area contributed by atoms with Crippen LogP contribution in [0.3, 0.4) is 0 Å². The number of hydrogen-bond acceptors (Lipinski definition) is 4. The monoisotopic (exact) mass is 333 g/mol. The van der Waals surface area contributed by atoms with E-state index < -0.39 is 0 Å². The maximum absolute atomic E-state index is 11.8. The van der Waals surface area contributed by atoms with Crippen LogP contribution in [0, 0.1) is 0 Å². The van der Waals surface area contributed by atoms with Crippen molar-refractivity contribution in [2.45, 2.75) is 19.1 Å². The predicted octanol–water partition coefficient (Wildman–Crippen LogP) is 3.54. The molecule has 2 rings (SSSR count).